The van der Waals surface area contributed by atoms with Gasteiger partial charge in [-0.3, -0.25) is 39.2 Å². The van der Waals surface area contributed by atoms with Crippen molar-refractivity contribution >= 4 is 91.0 Å². The molecular formula is C80H64N8. The minimum absolute atomic E-state index is 1.05. The lowest BCUT2D eigenvalue weighted by Crippen LogP contribution is -2.33. The molecule has 0 saturated carbocycles. The van der Waals surface area contributed by atoms with Crippen LogP contribution in [0.2, 0.25) is 0 Å². The Labute approximate surface area is 516 Å². The number of para-hydroxylation sites is 12. The van der Waals surface area contributed by atoms with Gasteiger partial charge in [-0.05, 0) is 196 Å². The van der Waals surface area contributed by atoms with Crippen LogP contribution in [0.1, 0.15) is 22.3 Å². The van der Waals surface area contributed by atoms with Gasteiger partial charge in [0.2, 0.25) is 0 Å². The van der Waals surface area contributed by atoms with E-state index in [2.05, 4.69) is 382 Å². The van der Waals surface area contributed by atoms with E-state index in [4.69, 9.17) is 0 Å². The summed E-state index contributed by atoms with van der Waals surface area (Å²) in [5.74, 6) is 4.24. The van der Waals surface area contributed by atoms with Crippen LogP contribution in [0.5, 0.6) is 0 Å². The molecule has 8 nitrogen and oxygen atoms in total. The van der Waals surface area contributed by atoms with E-state index in [1.165, 1.54) is 22.3 Å². The van der Waals surface area contributed by atoms with E-state index in [-0.39, 0.29) is 0 Å². The van der Waals surface area contributed by atoms with Gasteiger partial charge in [0.15, 0.2) is 23.3 Å². The molecule has 0 amide bonds. The van der Waals surface area contributed by atoms with E-state index in [0.717, 1.165) is 114 Å². The highest BCUT2D eigenvalue weighted by molar-refractivity contribution is 6.02. The van der Waals surface area contributed by atoms with Crippen LogP contribution in [0.3, 0.4) is 0 Å². The van der Waals surface area contributed by atoms with Crippen LogP contribution < -0.4 is 39.2 Å². The predicted molar refractivity (Wildman–Crippen MR) is 367 cm³/mol. The third-order valence-corrected chi connectivity index (χ3v) is 17.1. The number of fused-ring (bicyclic) bond motifs is 4. The number of nitrogens with zero attached hydrogens (tertiary/aromatic N) is 8. The Kier molecular flexibility index (Phi) is 13.6. The van der Waals surface area contributed by atoms with Gasteiger partial charge < -0.3 is 0 Å². The molecule has 4 aliphatic heterocycles. The Bertz CT molecular complexity index is 3980. The summed E-state index contributed by atoms with van der Waals surface area (Å²) in [6, 6.07) is 113. The minimum Gasteiger partial charge on any atom is -0.291 e. The maximum absolute atomic E-state index is 2.45. The van der Waals surface area contributed by atoms with Crippen LogP contribution in [0, 0.1) is 27.7 Å². The van der Waals surface area contributed by atoms with Gasteiger partial charge in [0.1, 0.15) is 0 Å². The van der Waals surface area contributed by atoms with Gasteiger partial charge in [0, 0.05) is 45.5 Å². The molecule has 0 N–H and O–H groups in total. The highest BCUT2D eigenvalue weighted by atomic mass is 15.5. The fourth-order valence-corrected chi connectivity index (χ4v) is 12.8. The fourth-order valence-electron chi connectivity index (χ4n) is 12.8. The molecule has 424 valence electrons. The maximum atomic E-state index is 2.45. The highest BCUT2D eigenvalue weighted by Crippen LogP contribution is 2.60. The average Bonchev–Trinajstić information content (AvgIpc) is 1.60. The first-order valence-corrected chi connectivity index (χ1v) is 30.1. The molecule has 0 spiro atoms. The van der Waals surface area contributed by atoms with Crippen molar-refractivity contribution in [2.24, 2.45) is 0 Å². The number of aryl methyl sites for hydroxylation is 4. The number of benzene rings is 12. The lowest BCUT2D eigenvalue weighted by molar-refractivity contribution is 1.01. The van der Waals surface area contributed by atoms with E-state index in [1.54, 1.807) is 0 Å². The molecule has 0 atom stereocenters. The Morgan fingerprint density at radius 2 is 0.273 bits per heavy atom. The molecule has 0 radical (unpaired) electrons. The van der Waals surface area contributed by atoms with Gasteiger partial charge in [-0.25, -0.2) is 0 Å². The molecular weight excluding hydrogens is 1070 g/mol. The van der Waals surface area contributed by atoms with Gasteiger partial charge in [0.25, 0.3) is 0 Å². The monoisotopic (exact) mass is 1140 g/mol. The van der Waals surface area contributed by atoms with Crippen molar-refractivity contribution in [3.63, 3.8) is 0 Å². The number of rotatable bonds is 8. The molecule has 0 saturated heterocycles. The summed E-state index contributed by atoms with van der Waals surface area (Å²) in [7, 11) is 0. The maximum Gasteiger partial charge on any atom is 0.166 e. The molecule has 12 aromatic rings. The van der Waals surface area contributed by atoms with Crippen LogP contribution in [0.25, 0.3) is 0 Å². The van der Waals surface area contributed by atoms with Gasteiger partial charge in [-0.15, -0.1) is 0 Å². The summed E-state index contributed by atoms with van der Waals surface area (Å²) >= 11 is 0. The lowest BCUT2D eigenvalue weighted by atomic mass is 10.1. The van der Waals surface area contributed by atoms with E-state index < -0.39 is 0 Å². The molecule has 0 unspecified atom stereocenters. The van der Waals surface area contributed by atoms with E-state index in [0.29, 0.717) is 0 Å². The predicted octanol–water partition coefficient (Wildman–Crippen LogP) is 21.4. The molecule has 0 fully saturated rings. The van der Waals surface area contributed by atoms with E-state index in [1.807, 2.05) is 0 Å². The third-order valence-electron chi connectivity index (χ3n) is 17.1. The summed E-state index contributed by atoms with van der Waals surface area (Å²) in [6.07, 6.45) is 0. The third kappa shape index (κ3) is 9.09. The molecule has 0 aromatic heterocycles. The Hall–Kier alpha value is -11.5. The first-order chi connectivity index (χ1) is 43.4. The molecule has 4 heterocycles. The quantitative estimate of drug-likeness (QED) is 0.149. The molecule has 8 heteroatoms. The second-order valence-electron chi connectivity index (χ2n) is 22.5. The topological polar surface area (TPSA) is 25.9 Å². The number of hydrogen-bond donors (Lipinski definition) is 0. The molecule has 0 bridgehead atoms. The Morgan fingerprint density at radius 3 is 0.420 bits per heavy atom. The van der Waals surface area contributed by atoms with Gasteiger partial charge in [-0.1, -0.05) is 170 Å². The van der Waals surface area contributed by atoms with Crippen LogP contribution in [-0.4, -0.2) is 0 Å². The molecule has 12 aromatic carbocycles. The minimum atomic E-state index is 1.05. The highest BCUT2D eigenvalue weighted by Gasteiger charge is 2.46. The van der Waals surface area contributed by atoms with Crippen molar-refractivity contribution in [2.45, 2.75) is 27.7 Å². The molecule has 88 heavy (non-hydrogen) atoms. The molecule has 4 aliphatic rings. The number of anilines is 16. The first-order valence-electron chi connectivity index (χ1n) is 30.1. The van der Waals surface area contributed by atoms with Crippen molar-refractivity contribution in [3.05, 3.63) is 361 Å². The second kappa shape index (κ2) is 22.5. The van der Waals surface area contributed by atoms with Crippen molar-refractivity contribution in [1.82, 2.24) is 0 Å². The summed E-state index contributed by atoms with van der Waals surface area (Å²) in [5.41, 5.74) is 23.0. The summed E-state index contributed by atoms with van der Waals surface area (Å²) in [5, 5.41) is 0. The summed E-state index contributed by atoms with van der Waals surface area (Å²) < 4.78 is 0. The average molecular weight is 1140 g/mol. The standard InChI is InChI=1S/C42H36N4.C38H28N4/c1-29-25-37-38(26-30(29)2)44(34-19-11-6-12-20-34)41(43(37)33-17-9-5-10-18-33)42-45(35-21-13-7-14-22-35)39-27-31(3)32(4)28-40(39)46(42)36-23-15-8-16-24-36;1-5-17-29(18-6-1)39-33-25-13-14-26-34(33)40(30-19-7-2-8-20-30)37(39)38-41(31-21-9-3-10-22-31)35-27-15-16-28-36(35)42(38)32-23-11-4-12-24-32/h5-28H,1-4H3;1-28H. The zero-order valence-electron chi connectivity index (χ0n) is 49.6. The van der Waals surface area contributed by atoms with Gasteiger partial charge in [0.05, 0.1) is 45.5 Å². The van der Waals surface area contributed by atoms with E-state index in [9.17, 15) is 0 Å². The van der Waals surface area contributed by atoms with Crippen LogP contribution in [0.15, 0.2) is 339 Å². The lowest BCUT2D eigenvalue weighted by Gasteiger charge is -2.34. The normalized spacial score (nSPS) is 13.9. The fraction of sp³-hybridized carbons (Fsp3) is 0.0500. The van der Waals surface area contributed by atoms with Gasteiger partial charge >= 0.3 is 0 Å². The largest absolute Gasteiger partial charge is 0.291 e. The van der Waals surface area contributed by atoms with Crippen molar-refractivity contribution in [2.75, 3.05) is 39.2 Å². The molecule has 16 rings (SSSR count). The zero-order valence-corrected chi connectivity index (χ0v) is 49.6. The summed E-state index contributed by atoms with van der Waals surface area (Å²) in [6.45, 7) is 8.83. The molecule has 0 aliphatic carbocycles. The zero-order chi connectivity index (χ0) is 59.2. The van der Waals surface area contributed by atoms with Crippen molar-refractivity contribution in [3.8, 4) is 0 Å². The van der Waals surface area contributed by atoms with Crippen molar-refractivity contribution in [1.29, 1.82) is 0 Å². The first kappa shape index (κ1) is 53.3. The van der Waals surface area contributed by atoms with Crippen LogP contribution in [0.4, 0.5) is 91.0 Å². The van der Waals surface area contributed by atoms with Crippen LogP contribution >= 0.6 is 0 Å². The smallest absolute Gasteiger partial charge is 0.166 e. The van der Waals surface area contributed by atoms with Crippen molar-refractivity contribution < 1.29 is 0 Å². The SMILES string of the molecule is Cc1cc2c(cc1C)N(c1ccccc1)C(=C1N(c3ccccc3)c3cc(C)c(C)cc3N1c1ccccc1)N2c1ccccc1.c1ccc(N2C(=C3N(c4ccccc4)c4ccccc4N3c3ccccc3)N(c3ccccc3)c3ccccc32)cc1. The van der Waals surface area contributed by atoms with Crippen LogP contribution in [-0.2, 0) is 0 Å². The summed E-state index contributed by atoms with van der Waals surface area (Å²) in [4.78, 5) is 19.4. The number of hydrogen-bond acceptors (Lipinski definition) is 8. The Balaban J connectivity index is 0.000000148. The second-order valence-corrected chi connectivity index (χ2v) is 22.5. The Morgan fingerprint density at radius 1 is 0.148 bits per heavy atom. The van der Waals surface area contributed by atoms with E-state index >= 15 is 0 Å². The van der Waals surface area contributed by atoms with Gasteiger partial charge in [-0.2, -0.15) is 0 Å².